The van der Waals surface area contributed by atoms with Gasteiger partial charge in [-0.25, -0.2) is 17.6 Å². The van der Waals surface area contributed by atoms with Gasteiger partial charge in [0.25, 0.3) is 0 Å². The van der Waals surface area contributed by atoms with Gasteiger partial charge in [-0.05, 0) is 214 Å². The molecular formula is C85H105F4N11O. The largest absolute Gasteiger partial charge is 0.379 e. The number of fused-ring (bicyclic) bond motifs is 4. The molecule has 2 unspecified atom stereocenters. The number of carbonyl (C=O) groups excluding carboxylic acids is 1. The number of hydrogen-bond acceptors (Lipinski definition) is 12. The molecule has 0 saturated carbocycles. The molecule has 10 N–H and O–H groups in total. The maximum atomic E-state index is 13.1. The summed E-state index contributed by atoms with van der Waals surface area (Å²) < 4.78 is 52.2. The van der Waals surface area contributed by atoms with Gasteiger partial charge >= 0.3 is 0 Å². The van der Waals surface area contributed by atoms with E-state index in [2.05, 4.69) is 114 Å². The van der Waals surface area contributed by atoms with Crippen LogP contribution in [0.4, 0.5) is 40.3 Å². The molecule has 16 rings (SSSR count). The number of nitrogens with one attached hydrogen (secondary N) is 4. The zero-order chi connectivity index (χ0) is 69.1. The molecule has 8 aromatic rings. The molecule has 0 radical (unpaired) electrons. The van der Waals surface area contributed by atoms with E-state index in [1.165, 1.54) is 62.6 Å². The number of halogens is 4. The van der Waals surface area contributed by atoms with Crippen LogP contribution in [-0.2, 0) is 26.2 Å². The molecule has 3 atom stereocenters. The first-order chi connectivity index (χ1) is 48.5. The number of nitrogens with zero attached hydrogens (tertiary/aromatic N) is 4. The standard InChI is InChI=1S/3C21H26FN3.C21H23FN2O.CH4/c3*22-17-7-5-16(6-8-17)15-25-13-11-21(12-14-25)10-9-19(23)18-3-1-2-4-20(18)24-21;22-17-7-5-16(6-8-17)15-24-13-11-21(12-14-24)10-9-20(25)18-3-1-2-4-19(18)23-21;/h3*1-8,19,24H,9-15,23H2;1-8,23H,9-15H2;1H4/t19-;;;;/m0..../s1. The van der Waals surface area contributed by atoms with Gasteiger partial charge in [-0.15, -0.1) is 0 Å². The minimum absolute atomic E-state index is 0. The maximum absolute atomic E-state index is 13.1. The van der Waals surface area contributed by atoms with Crippen LogP contribution < -0.4 is 38.5 Å². The van der Waals surface area contributed by atoms with Crippen molar-refractivity contribution in [1.82, 2.24) is 19.6 Å². The number of para-hydroxylation sites is 4. The molecule has 0 amide bonds. The average Bonchev–Trinajstić information content (AvgIpc) is 1.78. The highest BCUT2D eigenvalue weighted by atomic mass is 19.1. The first-order valence-electron chi connectivity index (χ1n) is 36.7. The van der Waals surface area contributed by atoms with Crippen LogP contribution in [0.15, 0.2) is 194 Å². The molecule has 534 valence electrons. The zero-order valence-electron chi connectivity index (χ0n) is 57.9. The number of rotatable bonds is 8. The van der Waals surface area contributed by atoms with E-state index in [1.54, 1.807) is 36.4 Å². The number of hydrogen-bond donors (Lipinski definition) is 7. The Labute approximate surface area is 596 Å². The van der Waals surface area contributed by atoms with Crippen LogP contribution in [0.5, 0.6) is 0 Å². The van der Waals surface area contributed by atoms with Crippen LogP contribution in [0.2, 0.25) is 0 Å². The van der Waals surface area contributed by atoms with Crippen molar-refractivity contribution >= 4 is 28.5 Å². The van der Waals surface area contributed by atoms with E-state index in [1.807, 2.05) is 72.8 Å². The molecule has 8 heterocycles. The molecule has 101 heavy (non-hydrogen) atoms. The van der Waals surface area contributed by atoms with Gasteiger partial charge in [-0.2, -0.15) is 0 Å². The van der Waals surface area contributed by atoms with E-state index in [0.717, 1.165) is 192 Å². The van der Waals surface area contributed by atoms with Crippen molar-refractivity contribution in [1.29, 1.82) is 0 Å². The minimum atomic E-state index is -0.188. The molecule has 0 bridgehead atoms. The van der Waals surface area contributed by atoms with Gasteiger partial charge < -0.3 is 38.5 Å². The van der Waals surface area contributed by atoms with E-state index < -0.39 is 0 Å². The Hall–Kier alpha value is -7.93. The van der Waals surface area contributed by atoms with Gasteiger partial charge in [0.15, 0.2) is 5.78 Å². The molecule has 8 aliphatic rings. The van der Waals surface area contributed by atoms with Gasteiger partial charge in [-0.3, -0.25) is 24.4 Å². The molecule has 12 nitrogen and oxygen atoms in total. The molecule has 8 aromatic carbocycles. The lowest BCUT2D eigenvalue weighted by Crippen LogP contribution is -2.48. The number of benzene rings is 8. The average molecular weight is 1370 g/mol. The predicted molar refractivity (Wildman–Crippen MR) is 404 cm³/mol. The monoisotopic (exact) mass is 1370 g/mol. The second-order valence-electron chi connectivity index (χ2n) is 29.9. The molecule has 0 aromatic heterocycles. The number of ketones is 1. The van der Waals surface area contributed by atoms with Crippen LogP contribution in [0.25, 0.3) is 0 Å². The Bertz CT molecular complexity index is 3650. The third-order valence-corrected chi connectivity index (χ3v) is 23.1. The molecule has 4 spiro atoms. The second kappa shape index (κ2) is 33.0. The van der Waals surface area contributed by atoms with Gasteiger partial charge in [0, 0.05) is 154 Å². The third kappa shape index (κ3) is 18.7. The fourth-order valence-electron chi connectivity index (χ4n) is 16.7. The predicted octanol–water partition coefficient (Wildman–Crippen LogP) is 17.1. The van der Waals surface area contributed by atoms with Crippen LogP contribution >= 0.6 is 0 Å². The van der Waals surface area contributed by atoms with Crippen molar-refractivity contribution < 1.29 is 22.4 Å². The Morgan fingerprint density at radius 3 is 0.842 bits per heavy atom. The van der Waals surface area contributed by atoms with E-state index >= 15 is 0 Å². The molecular weight excluding hydrogens is 1270 g/mol. The van der Waals surface area contributed by atoms with E-state index in [0.29, 0.717) is 6.42 Å². The summed E-state index contributed by atoms with van der Waals surface area (Å²) in [5.74, 6) is -0.446. The fraction of sp³-hybridized carbons (Fsp3) is 0.424. The summed E-state index contributed by atoms with van der Waals surface area (Å²) in [6.07, 6.45) is 16.7. The fourth-order valence-corrected chi connectivity index (χ4v) is 16.7. The number of Topliss-reactive ketones (excluding diaryl/α,β-unsaturated/α-hetero) is 1. The van der Waals surface area contributed by atoms with E-state index in [4.69, 9.17) is 17.2 Å². The molecule has 0 aliphatic carbocycles. The topological polar surface area (TPSA) is 156 Å². The van der Waals surface area contributed by atoms with E-state index in [9.17, 15) is 22.4 Å². The van der Waals surface area contributed by atoms with Crippen molar-refractivity contribution in [2.24, 2.45) is 17.2 Å². The first-order valence-corrected chi connectivity index (χ1v) is 36.7. The first kappa shape index (κ1) is 72.8. The molecule has 16 heteroatoms. The van der Waals surface area contributed by atoms with Gasteiger partial charge in [-0.1, -0.05) is 123 Å². The lowest BCUT2D eigenvalue weighted by molar-refractivity contribution is 0.0964. The number of anilines is 4. The summed E-state index contributed by atoms with van der Waals surface area (Å²) in [6, 6.07) is 61.0. The number of likely N-dealkylation sites (tertiary alicyclic amines) is 4. The van der Waals surface area contributed by atoms with Crippen molar-refractivity contribution in [3.63, 3.8) is 0 Å². The number of carbonyl (C=O) groups is 1. The highest BCUT2D eigenvalue weighted by molar-refractivity contribution is 6.02. The summed E-state index contributed by atoms with van der Waals surface area (Å²) in [6.45, 7) is 11.9. The van der Waals surface area contributed by atoms with Crippen molar-refractivity contribution in [3.05, 3.63) is 262 Å². The maximum Gasteiger partial charge on any atom is 0.165 e. The molecule has 4 fully saturated rings. The Morgan fingerprint density at radius 2 is 0.554 bits per heavy atom. The summed E-state index contributed by atoms with van der Waals surface area (Å²) in [5.41, 5.74) is 33.5. The Balaban J connectivity index is 0.000000127. The Morgan fingerprint density at radius 1 is 0.317 bits per heavy atom. The smallest absolute Gasteiger partial charge is 0.165 e. The van der Waals surface area contributed by atoms with Crippen LogP contribution in [0.3, 0.4) is 0 Å². The quantitative estimate of drug-likeness (QED) is 0.0724. The zero-order valence-corrected chi connectivity index (χ0v) is 57.9. The summed E-state index contributed by atoms with van der Waals surface area (Å²) >= 11 is 0. The van der Waals surface area contributed by atoms with Gasteiger partial charge in [0.1, 0.15) is 23.3 Å². The minimum Gasteiger partial charge on any atom is -0.379 e. The number of nitrogens with two attached hydrogens (primary N) is 3. The van der Waals surface area contributed by atoms with Gasteiger partial charge in [0.05, 0.1) is 0 Å². The third-order valence-electron chi connectivity index (χ3n) is 23.1. The van der Waals surface area contributed by atoms with Crippen LogP contribution in [-0.4, -0.2) is 99.9 Å². The van der Waals surface area contributed by atoms with E-state index in [-0.39, 0.29) is 76.8 Å². The summed E-state index contributed by atoms with van der Waals surface area (Å²) in [7, 11) is 0. The highest BCUT2D eigenvalue weighted by Gasteiger charge is 2.42. The van der Waals surface area contributed by atoms with Crippen LogP contribution in [0, 0.1) is 23.3 Å². The van der Waals surface area contributed by atoms with Crippen molar-refractivity contribution in [2.75, 3.05) is 73.6 Å². The Kier molecular flexibility index (Phi) is 23.8. The lowest BCUT2D eigenvalue weighted by atomic mass is 9.83. The molecule has 4 saturated heterocycles. The summed E-state index contributed by atoms with van der Waals surface area (Å²) in [4.78, 5) is 22.2. The summed E-state index contributed by atoms with van der Waals surface area (Å²) in [5, 5.41) is 15.2. The lowest BCUT2D eigenvalue weighted by Gasteiger charge is -2.42. The second-order valence-corrected chi connectivity index (χ2v) is 29.9. The number of piperidine rings is 4. The van der Waals surface area contributed by atoms with Crippen molar-refractivity contribution in [3.8, 4) is 0 Å². The highest BCUT2D eigenvalue weighted by Crippen LogP contribution is 2.44. The van der Waals surface area contributed by atoms with Gasteiger partial charge in [0.2, 0.25) is 0 Å². The molecule has 8 aliphatic heterocycles. The normalized spacial score (nSPS) is 21.9. The SMILES string of the molecule is C.NC1CCC2(CCN(Cc3ccc(F)cc3)CC2)Nc2ccccc21.NC1CCC2(CCN(Cc3ccc(F)cc3)CC2)Nc2ccccc21.N[C@H]1CCC2(CCN(Cc3ccc(F)cc3)CC2)Nc2ccccc21.O=C1CCC2(CCN(Cc3ccc(F)cc3)CC2)Nc2ccccc21. The van der Waals surface area contributed by atoms with Crippen LogP contribution in [0.1, 0.15) is 178 Å². The van der Waals surface area contributed by atoms with Crippen molar-refractivity contribution in [2.45, 2.75) is 177 Å².